The van der Waals surface area contributed by atoms with Crippen LogP contribution in [0.1, 0.15) is 24.8 Å². The topological polar surface area (TPSA) is 46.6 Å². The van der Waals surface area contributed by atoms with E-state index in [1.54, 1.807) is 18.9 Å². The third kappa shape index (κ3) is 2.02. The normalized spacial score (nSPS) is 18.1. The molecule has 1 unspecified atom stereocenters. The molecule has 0 aliphatic carbocycles. The van der Waals surface area contributed by atoms with E-state index in [0.29, 0.717) is 6.61 Å². The summed E-state index contributed by atoms with van der Waals surface area (Å²) in [5, 5.41) is 0. The Morgan fingerprint density at radius 1 is 1.41 bits per heavy atom. The monoisotopic (exact) mass is 233 g/mol. The number of hydrogen-bond donors (Lipinski definition) is 0. The van der Waals surface area contributed by atoms with Gasteiger partial charge in [0.05, 0.1) is 18.9 Å². The first-order chi connectivity index (χ1) is 8.15. The Kier molecular flexibility index (Phi) is 3.13. The number of likely N-dealkylation sites (N-methyl/N-ethyl adjacent to an activating group) is 1. The molecule has 2 rings (SSSR count). The van der Waals surface area contributed by atoms with Crippen LogP contribution in [0.2, 0.25) is 0 Å². The maximum atomic E-state index is 12.0. The molecule has 4 heteroatoms. The Labute approximate surface area is 100 Å². The second-order valence-electron chi connectivity index (χ2n) is 4.02. The lowest BCUT2D eigenvalue weighted by Crippen LogP contribution is -2.25. The van der Waals surface area contributed by atoms with Crippen molar-refractivity contribution in [2.75, 3.05) is 18.6 Å². The highest BCUT2D eigenvalue weighted by Gasteiger charge is 2.36. The summed E-state index contributed by atoms with van der Waals surface area (Å²) in [6.45, 7) is 2.10. The van der Waals surface area contributed by atoms with Crippen LogP contribution < -0.4 is 4.90 Å². The van der Waals surface area contributed by atoms with Gasteiger partial charge < -0.3 is 9.64 Å². The third-order valence-corrected chi connectivity index (χ3v) is 2.98. The summed E-state index contributed by atoms with van der Waals surface area (Å²) in [6.07, 6.45) is 0.119. The fourth-order valence-corrected chi connectivity index (χ4v) is 2.16. The number of hydrogen-bond acceptors (Lipinski definition) is 3. The van der Waals surface area contributed by atoms with Crippen molar-refractivity contribution in [1.82, 2.24) is 0 Å². The summed E-state index contributed by atoms with van der Waals surface area (Å²) in [6, 6.07) is 7.54. The van der Waals surface area contributed by atoms with Crippen LogP contribution in [0.5, 0.6) is 0 Å². The number of carbonyl (C=O) groups excluding carboxylic acids is 2. The predicted octanol–water partition coefficient (Wildman–Crippen LogP) is 1.70. The first kappa shape index (κ1) is 11.6. The molecule has 17 heavy (non-hydrogen) atoms. The average molecular weight is 233 g/mol. The van der Waals surface area contributed by atoms with Crippen molar-refractivity contribution in [3.05, 3.63) is 29.8 Å². The molecule has 0 fully saturated rings. The highest BCUT2D eigenvalue weighted by Crippen LogP contribution is 2.37. The number of benzene rings is 1. The molecule has 4 nitrogen and oxygen atoms in total. The van der Waals surface area contributed by atoms with Gasteiger partial charge in [-0.2, -0.15) is 0 Å². The van der Waals surface area contributed by atoms with Crippen molar-refractivity contribution in [3.8, 4) is 0 Å². The predicted molar refractivity (Wildman–Crippen MR) is 63.8 cm³/mol. The van der Waals surface area contributed by atoms with Crippen molar-refractivity contribution in [1.29, 1.82) is 0 Å². The van der Waals surface area contributed by atoms with Crippen molar-refractivity contribution in [2.24, 2.45) is 0 Å². The van der Waals surface area contributed by atoms with E-state index >= 15 is 0 Å². The first-order valence-corrected chi connectivity index (χ1v) is 5.67. The fraction of sp³-hybridized carbons (Fsp3) is 0.385. The highest BCUT2D eigenvalue weighted by molar-refractivity contribution is 6.06. The highest BCUT2D eigenvalue weighted by atomic mass is 16.5. The largest absolute Gasteiger partial charge is 0.466 e. The van der Waals surface area contributed by atoms with Gasteiger partial charge >= 0.3 is 5.97 Å². The molecule has 1 heterocycles. The van der Waals surface area contributed by atoms with E-state index in [2.05, 4.69) is 0 Å². The van der Waals surface area contributed by atoms with E-state index in [-0.39, 0.29) is 18.3 Å². The van der Waals surface area contributed by atoms with Crippen LogP contribution in [0.4, 0.5) is 5.69 Å². The van der Waals surface area contributed by atoms with Gasteiger partial charge in [0, 0.05) is 12.7 Å². The lowest BCUT2D eigenvalue weighted by atomic mass is 9.97. The van der Waals surface area contributed by atoms with Gasteiger partial charge in [0.25, 0.3) is 0 Å². The van der Waals surface area contributed by atoms with E-state index < -0.39 is 5.92 Å². The maximum absolute atomic E-state index is 12.0. The van der Waals surface area contributed by atoms with Crippen molar-refractivity contribution in [2.45, 2.75) is 19.3 Å². The van der Waals surface area contributed by atoms with E-state index in [0.717, 1.165) is 11.3 Å². The number of esters is 1. The lowest BCUT2D eigenvalue weighted by Gasteiger charge is -2.10. The number of rotatable bonds is 3. The number of nitrogens with zero attached hydrogens (tertiary/aromatic N) is 1. The molecular weight excluding hydrogens is 218 g/mol. The molecule has 1 atom stereocenters. The zero-order chi connectivity index (χ0) is 12.4. The summed E-state index contributed by atoms with van der Waals surface area (Å²) in [5.74, 6) is -0.759. The summed E-state index contributed by atoms with van der Waals surface area (Å²) in [5.41, 5.74) is 1.79. The molecule has 90 valence electrons. The molecule has 1 aliphatic rings. The molecule has 0 saturated heterocycles. The molecule has 1 aliphatic heterocycles. The average Bonchev–Trinajstić information content (AvgIpc) is 2.56. The molecule has 1 aromatic carbocycles. The number of anilines is 1. The standard InChI is InChI=1S/C13H15NO3/c1-3-17-12(15)8-10-9-6-4-5-7-11(9)14(2)13(10)16/h4-7,10H,3,8H2,1-2H3. The second kappa shape index (κ2) is 4.57. The number of amides is 1. The van der Waals surface area contributed by atoms with Gasteiger partial charge in [-0.15, -0.1) is 0 Å². The van der Waals surface area contributed by atoms with Crippen LogP contribution in [0.3, 0.4) is 0 Å². The van der Waals surface area contributed by atoms with Crippen molar-refractivity contribution < 1.29 is 14.3 Å². The number of ether oxygens (including phenoxy) is 1. The summed E-state index contributed by atoms with van der Waals surface area (Å²) in [4.78, 5) is 25.1. The van der Waals surface area contributed by atoms with Crippen LogP contribution in [0, 0.1) is 0 Å². The van der Waals surface area contributed by atoms with Gasteiger partial charge in [-0.3, -0.25) is 9.59 Å². The fourth-order valence-electron chi connectivity index (χ4n) is 2.16. The SMILES string of the molecule is CCOC(=O)CC1C(=O)N(C)c2ccccc21. The number of fused-ring (bicyclic) bond motifs is 1. The molecule has 0 spiro atoms. The first-order valence-electron chi connectivity index (χ1n) is 5.67. The Morgan fingerprint density at radius 3 is 2.82 bits per heavy atom. The number of carbonyl (C=O) groups is 2. The van der Waals surface area contributed by atoms with Crippen LogP contribution in [0.25, 0.3) is 0 Å². The minimum Gasteiger partial charge on any atom is -0.466 e. The van der Waals surface area contributed by atoms with Gasteiger partial charge in [0.15, 0.2) is 0 Å². The van der Waals surface area contributed by atoms with Crippen LogP contribution >= 0.6 is 0 Å². The third-order valence-electron chi connectivity index (χ3n) is 2.98. The summed E-state index contributed by atoms with van der Waals surface area (Å²) in [7, 11) is 1.73. The van der Waals surface area contributed by atoms with Gasteiger partial charge in [-0.25, -0.2) is 0 Å². The van der Waals surface area contributed by atoms with E-state index in [1.165, 1.54) is 0 Å². The molecule has 0 bridgehead atoms. The van der Waals surface area contributed by atoms with Crippen LogP contribution in [0.15, 0.2) is 24.3 Å². The van der Waals surface area contributed by atoms with E-state index in [1.807, 2.05) is 24.3 Å². The Morgan fingerprint density at radius 2 is 2.12 bits per heavy atom. The zero-order valence-corrected chi connectivity index (χ0v) is 9.97. The lowest BCUT2D eigenvalue weighted by molar-refractivity contribution is -0.144. The minimum absolute atomic E-state index is 0.0424. The zero-order valence-electron chi connectivity index (χ0n) is 9.97. The summed E-state index contributed by atoms with van der Waals surface area (Å²) >= 11 is 0. The summed E-state index contributed by atoms with van der Waals surface area (Å²) < 4.78 is 4.89. The van der Waals surface area contributed by atoms with E-state index in [4.69, 9.17) is 4.74 Å². The van der Waals surface area contributed by atoms with E-state index in [9.17, 15) is 9.59 Å². The molecule has 0 N–H and O–H groups in total. The minimum atomic E-state index is -0.393. The Balaban J connectivity index is 2.24. The maximum Gasteiger partial charge on any atom is 0.306 e. The van der Waals surface area contributed by atoms with Gasteiger partial charge in [-0.1, -0.05) is 18.2 Å². The van der Waals surface area contributed by atoms with Crippen LogP contribution in [-0.4, -0.2) is 25.5 Å². The molecule has 0 saturated carbocycles. The quantitative estimate of drug-likeness (QED) is 0.746. The molecule has 1 amide bonds. The van der Waals surface area contributed by atoms with Crippen LogP contribution in [-0.2, 0) is 14.3 Å². The molecular formula is C13H15NO3. The smallest absolute Gasteiger partial charge is 0.306 e. The van der Waals surface area contributed by atoms with Crippen molar-refractivity contribution in [3.63, 3.8) is 0 Å². The second-order valence-corrected chi connectivity index (χ2v) is 4.02. The molecule has 0 radical (unpaired) electrons. The molecule has 1 aromatic rings. The van der Waals surface area contributed by atoms with Gasteiger partial charge in [0.2, 0.25) is 5.91 Å². The Bertz CT molecular complexity index is 456. The number of para-hydroxylation sites is 1. The Hall–Kier alpha value is -1.84. The van der Waals surface area contributed by atoms with Gasteiger partial charge in [0.1, 0.15) is 0 Å². The molecule has 0 aromatic heterocycles. The van der Waals surface area contributed by atoms with Gasteiger partial charge in [-0.05, 0) is 18.6 Å². The van der Waals surface area contributed by atoms with Crippen molar-refractivity contribution >= 4 is 17.6 Å².